The van der Waals surface area contributed by atoms with Crippen LogP contribution in [0.25, 0.3) is 0 Å². The summed E-state index contributed by atoms with van der Waals surface area (Å²) in [7, 11) is 0. The van der Waals surface area contributed by atoms with E-state index in [2.05, 4.69) is 19.9 Å². The van der Waals surface area contributed by atoms with Crippen LogP contribution in [0.5, 0.6) is 0 Å². The highest BCUT2D eigenvalue weighted by Crippen LogP contribution is 2.22. The van der Waals surface area contributed by atoms with Gasteiger partial charge < -0.3 is 5.73 Å². The van der Waals surface area contributed by atoms with Gasteiger partial charge in [0.25, 0.3) is 5.69 Å². The highest BCUT2D eigenvalue weighted by molar-refractivity contribution is 5.37. The van der Waals surface area contributed by atoms with E-state index in [1.807, 2.05) is 12.1 Å². The number of non-ortho nitro benzene ring substituents is 1. The second-order valence-electron chi connectivity index (χ2n) is 5.02. The van der Waals surface area contributed by atoms with Gasteiger partial charge in [-0.1, -0.05) is 30.3 Å². The molecule has 0 aromatic heterocycles. The van der Waals surface area contributed by atoms with Gasteiger partial charge in [0.2, 0.25) is 0 Å². The van der Waals surface area contributed by atoms with E-state index in [1.165, 1.54) is 23.3 Å². The fourth-order valence-electron chi connectivity index (χ4n) is 2.29. The fraction of sp³-hybridized carbons (Fsp3) is 0.250. The van der Waals surface area contributed by atoms with Gasteiger partial charge in [0.05, 0.1) is 4.92 Å². The van der Waals surface area contributed by atoms with Gasteiger partial charge in [0.15, 0.2) is 0 Å². The molecule has 2 rings (SSSR count). The molecule has 1 atom stereocenters. The summed E-state index contributed by atoms with van der Waals surface area (Å²) in [4.78, 5) is 10.2. The summed E-state index contributed by atoms with van der Waals surface area (Å²) in [5.74, 6) is 0. The van der Waals surface area contributed by atoms with Crippen LogP contribution in [0.3, 0.4) is 0 Å². The Morgan fingerprint density at radius 1 is 1.15 bits per heavy atom. The minimum Gasteiger partial charge on any atom is -0.324 e. The molecule has 2 N–H and O–H groups in total. The van der Waals surface area contributed by atoms with Crippen LogP contribution >= 0.6 is 0 Å². The smallest absolute Gasteiger partial charge is 0.269 e. The minimum atomic E-state index is -0.394. The van der Waals surface area contributed by atoms with Gasteiger partial charge in [-0.25, -0.2) is 0 Å². The lowest BCUT2D eigenvalue weighted by atomic mass is 9.94. The lowest BCUT2D eigenvalue weighted by molar-refractivity contribution is -0.384. The molecule has 1 unspecified atom stereocenters. The third kappa shape index (κ3) is 3.03. The zero-order valence-electron chi connectivity index (χ0n) is 11.7. The second kappa shape index (κ2) is 5.84. The van der Waals surface area contributed by atoms with Crippen LogP contribution in [0.1, 0.15) is 28.3 Å². The molecule has 0 amide bonds. The van der Waals surface area contributed by atoms with Crippen LogP contribution < -0.4 is 5.73 Å². The largest absolute Gasteiger partial charge is 0.324 e. The number of aryl methyl sites for hydroxylation is 1. The van der Waals surface area contributed by atoms with Gasteiger partial charge in [0, 0.05) is 18.2 Å². The van der Waals surface area contributed by atoms with Crippen molar-refractivity contribution in [3.8, 4) is 0 Å². The fourth-order valence-corrected chi connectivity index (χ4v) is 2.29. The molecule has 4 nitrogen and oxygen atoms in total. The van der Waals surface area contributed by atoms with E-state index in [4.69, 9.17) is 5.73 Å². The number of rotatable bonds is 4. The monoisotopic (exact) mass is 270 g/mol. The van der Waals surface area contributed by atoms with Crippen molar-refractivity contribution >= 4 is 5.69 Å². The highest BCUT2D eigenvalue weighted by atomic mass is 16.6. The molecule has 0 fully saturated rings. The number of nitrogens with two attached hydrogens (primary N) is 1. The maximum absolute atomic E-state index is 10.6. The number of nitro groups is 1. The average molecular weight is 270 g/mol. The van der Waals surface area contributed by atoms with Crippen LogP contribution in [0.15, 0.2) is 42.5 Å². The summed E-state index contributed by atoms with van der Waals surface area (Å²) in [6, 6.07) is 12.6. The van der Waals surface area contributed by atoms with Crippen LogP contribution in [0, 0.1) is 24.0 Å². The first kappa shape index (κ1) is 14.2. The molecule has 2 aromatic carbocycles. The molecular formula is C16H18N2O2. The number of hydrogen-bond acceptors (Lipinski definition) is 3. The summed E-state index contributed by atoms with van der Waals surface area (Å²) in [5.41, 5.74) is 10.9. The Morgan fingerprint density at radius 3 is 2.40 bits per heavy atom. The van der Waals surface area contributed by atoms with Crippen LogP contribution in [0.4, 0.5) is 5.69 Å². The molecular weight excluding hydrogens is 252 g/mol. The standard InChI is InChI=1S/C16H18N2O2/c1-11-4-3-5-15(12(11)2)16(17)10-13-6-8-14(9-7-13)18(19)20/h3-9,16H,10,17H2,1-2H3. The maximum Gasteiger partial charge on any atom is 0.269 e. The Hall–Kier alpha value is -2.20. The average Bonchev–Trinajstić information content (AvgIpc) is 2.42. The Bertz CT molecular complexity index is 621. The molecule has 0 heterocycles. The first-order valence-corrected chi connectivity index (χ1v) is 6.54. The van der Waals surface area contributed by atoms with Crippen molar-refractivity contribution in [2.24, 2.45) is 5.73 Å². The van der Waals surface area contributed by atoms with E-state index in [0.29, 0.717) is 6.42 Å². The molecule has 4 heteroatoms. The summed E-state index contributed by atoms with van der Waals surface area (Å²) in [5, 5.41) is 10.6. The van der Waals surface area contributed by atoms with E-state index in [-0.39, 0.29) is 11.7 Å². The summed E-state index contributed by atoms with van der Waals surface area (Å²) < 4.78 is 0. The number of nitro benzene ring substituents is 1. The molecule has 0 aliphatic carbocycles. The third-order valence-electron chi connectivity index (χ3n) is 3.65. The highest BCUT2D eigenvalue weighted by Gasteiger charge is 2.12. The predicted molar refractivity (Wildman–Crippen MR) is 79.6 cm³/mol. The van der Waals surface area contributed by atoms with Crippen molar-refractivity contribution in [2.45, 2.75) is 26.3 Å². The van der Waals surface area contributed by atoms with Crippen molar-refractivity contribution in [2.75, 3.05) is 0 Å². The summed E-state index contributed by atoms with van der Waals surface area (Å²) in [6.07, 6.45) is 0.669. The topological polar surface area (TPSA) is 69.2 Å². The van der Waals surface area contributed by atoms with Crippen molar-refractivity contribution < 1.29 is 4.92 Å². The Balaban J connectivity index is 2.17. The Kier molecular flexibility index (Phi) is 4.15. The van der Waals surface area contributed by atoms with E-state index in [0.717, 1.165) is 11.1 Å². The van der Waals surface area contributed by atoms with Crippen molar-refractivity contribution in [1.82, 2.24) is 0 Å². The number of hydrogen-bond donors (Lipinski definition) is 1. The number of nitrogens with zero attached hydrogens (tertiary/aromatic N) is 1. The van der Waals surface area contributed by atoms with E-state index < -0.39 is 4.92 Å². The zero-order chi connectivity index (χ0) is 14.7. The number of benzene rings is 2. The normalized spacial score (nSPS) is 12.2. The molecule has 20 heavy (non-hydrogen) atoms. The Morgan fingerprint density at radius 2 is 1.80 bits per heavy atom. The minimum absolute atomic E-state index is 0.101. The van der Waals surface area contributed by atoms with Crippen molar-refractivity contribution in [1.29, 1.82) is 0 Å². The first-order valence-electron chi connectivity index (χ1n) is 6.54. The zero-order valence-corrected chi connectivity index (χ0v) is 11.7. The maximum atomic E-state index is 10.6. The quantitative estimate of drug-likeness (QED) is 0.683. The van der Waals surface area contributed by atoms with Gasteiger partial charge in [-0.3, -0.25) is 10.1 Å². The molecule has 0 spiro atoms. The molecule has 0 aliphatic heterocycles. The molecule has 2 aromatic rings. The van der Waals surface area contributed by atoms with Gasteiger partial charge >= 0.3 is 0 Å². The van der Waals surface area contributed by atoms with Crippen molar-refractivity contribution in [3.63, 3.8) is 0 Å². The van der Waals surface area contributed by atoms with Gasteiger partial charge in [-0.05, 0) is 42.5 Å². The third-order valence-corrected chi connectivity index (χ3v) is 3.65. The SMILES string of the molecule is Cc1cccc(C(N)Cc2ccc([N+](=O)[O-])cc2)c1C. The first-order chi connectivity index (χ1) is 9.49. The lowest BCUT2D eigenvalue weighted by Gasteiger charge is -2.16. The molecule has 0 saturated carbocycles. The van der Waals surface area contributed by atoms with Crippen molar-refractivity contribution in [3.05, 3.63) is 74.8 Å². The Labute approximate surface area is 118 Å². The van der Waals surface area contributed by atoms with Crippen LogP contribution in [-0.2, 0) is 6.42 Å². The summed E-state index contributed by atoms with van der Waals surface area (Å²) >= 11 is 0. The van der Waals surface area contributed by atoms with Gasteiger partial charge in [-0.2, -0.15) is 0 Å². The predicted octanol–water partition coefficient (Wildman–Crippen LogP) is 3.45. The van der Waals surface area contributed by atoms with E-state index in [9.17, 15) is 10.1 Å². The molecule has 104 valence electrons. The molecule has 0 saturated heterocycles. The molecule has 0 aliphatic rings. The molecule has 0 radical (unpaired) electrons. The van der Waals surface area contributed by atoms with Gasteiger partial charge in [0.1, 0.15) is 0 Å². The molecule has 0 bridgehead atoms. The lowest BCUT2D eigenvalue weighted by Crippen LogP contribution is -2.15. The summed E-state index contributed by atoms with van der Waals surface area (Å²) in [6.45, 7) is 4.14. The van der Waals surface area contributed by atoms with E-state index in [1.54, 1.807) is 12.1 Å². The van der Waals surface area contributed by atoms with Gasteiger partial charge in [-0.15, -0.1) is 0 Å². The van der Waals surface area contributed by atoms with Crippen LogP contribution in [-0.4, -0.2) is 4.92 Å². The van der Waals surface area contributed by atoms with Crippen LogP contribution in [0.2, 0.25) is 0 Å². The van der Waals surface area contributed by atoms with E-state index >= 15 is 0 Å². The second-order valence-corrected chi connectivity index (χ2v) is 5.02.